The highest BCUT2D eigenvalue weighted by molar-refractivity contribution is 14.1. The van der Waals surface area contributed by atoms with Crippen LogP contribution in [0.15, 0.2) is 18.3 Å². The van der Waals surface area contributed by atoms with E-state index in [1.165, 1.54) is 0 Å². The summed E-state index contributed by atoms with van der Waals surface area (Å²) in [4.78, 5) is 8.25. The van der Waals surface area contributed by atoms with Crippen LogP contribution in [-0.2, 0) is 6.54 Å². The van der Waals surface area contributed by atoms with Crippen LogP contribution in [0, 0.1) is 3.57 Å². The van der Waals surface area contributed by atoms with Gasteiger partial charge in [0.1, 0.15) is 5.82 Å². The molecule has 98 valence electrons. The van der Waals surface area contributed by atoms with Crippen LogP contribution in [0.4, 0.5) is 11.8 Å². The number of hydrogen-bond donors (Lipinski definition) is 3. The van der Waals surface area contributed by atoms with E-state index in [0.717, 1.165) is 25.4 Å². The summed E-state index contributed by atoms with van der Waals surface area (Å²) >= 11 is 2.25. The van der Waals surface area contributed by atoms with Gasteiger partial charge in [0.25, 0.3) is 0 Å². The van der Waals surface area contributed by atoms with Gasteiger partial charge in [0.05, 0.1) is 23.0 Å². The Morgan fingerprint density at radius 3 is 2.84 bits per heavy atom. The smallest absolute Gasteiger partial charge is 0.222 e. The number of nitrogen functional groups attached to an aromatic ring is 2. The highest BCUT2D eigenvalue weighted by Gasteiger charge is 2.13. The molecule has 7 heteroatoms. The lowest BCUT2D eigenvalue weighted by Gasteiger charge is -2.08. The van der Waals surface area contributed by atoms with Crippen LogP contribution in [0.2, 0.25) is 0 Å². The zero-order valence-corrected chi connectivity index (χ0v) is 12.1. The number of aliphatic hydroxyl groups is 1. The minimum absolute atomic E-state index is 0.0889. The van der Waals surface area contributed by atoms with Crippen LogP contribution >= 0.6 is 22.6 Å². The predicted molar refractivity (Wildman–Crippen MR) is 83.7 cm³/mol. The first-order valence-corrected chi connectivity index (χ1v) is 6.80. The van der Waals surface area contributed by atoms with Crippen molar-refractivity contribution in [3.8, 4) is 0 Å². The third-order valence-corrected chi connectivity index (χ3v) is 3.87. The van der Waals surface area contributed by atoms with Gasteiger partial charge in [0.2, 0.25) is 5.95 Å². The fourth-order valence-corrected chi connectivity index (χ4v) is 3.21. The maximum absolute atomic E-state index is 9.10. The Morgan fingerprint density at radius 1 is 1.32 bits per heavy atom. The first kappa shape index (κ1) is 12.4. The predicted octanol–water partition coefficient (Wildman–Crippen LogP) is 1.35. The number of rotatable bonds is 2. The van der Waals surface area contributed by atoms with Gasteiger partial charge in [0.15, 0.2) is 0 Å². The molecule has 6 nitrogen and oxygen atoms in total. The molecule has 3 rings (SSSR count). The van der Waals surface area contributed by atoms with E-state index >= 15 is 0 Å². The van der Waals surface area contributed by atoms with E-state index < -0.39 is 0 Å². The van der Waals surface area contributed by atoms with Crippen molar-refractivity contribution < 1.29 is 5.11 Å². The average molecular weight is 369 g/mol. The first-order chi connectivity index (χ1) is 9.11. The Morgan fingerprint density at radius 2 is 2.11 bits per heavy atom. The molecule has 2 heterocycles. The zero-order valence-electron chi connectivity index (χ0n) is 9.97. The van der Waals surface area contributed by atoms with Crippen LogP contribution < -0.4 is 11.5 Å². The number of nitrogens with two attached hydrogens (primary N) is 2. The minimum atomic E-state index is 0.0889. The Balaban J connectivity index is 2.46. The molecule has 0 fully saturated rings. The largest absolute Gasteiger partial charge is 0.395 e. The summed E-state index contributed by atoms with van der Waals surface area (Å²) < 4.78 is 3.03. The molecule has 3 aromatic rings. The van der Waals surface area contributed by atoms with Gasteiger partial charge in [-0.15, -0.1) is 0 Å². The number of fused-ring (bicyclic) bond motifs is 3. The molecule has 0 atom stereocenters. The molecular weight excluding hydrogens is 357 g/mol. The molecular formula is C12H12IN5O. The molecule has 2 aromatic heterocycles. The van der Waals surface area contributed by atoms with E-state index in [9.17, 15) is 0 Å². The third kappa shape index (κ3) is 1.89. The topological polar surface area (TPSA) is 103 Å². The molecule has 0 aliphatic carbocycles. The number of hydrogen-bond acceptors (Lipinski definition) is 5. The number of nitrogens with zero attached hydrogens (tertiary/aromatic N) is 3. The number of benzene rings is 1. The highest BCUT2D eigenvalue weighted by Crippen LogP contribution is 2.32. The van der Waals surface area contributed by atoms with Crippen molar-refractivity contribution in [2.75, 3.05) is 18.1 Å². The fourth-order valence-electron chi connectivity index (χ4n) is 2.32. The third-order valence-electron chi connectivity index (χ3n) is 3.05. The van der Waals surface area contributed by atoms with Crippen molar-refractivity contribution in [1.82, 2.24) is 14.5 Å². The molecule has 0 saturated carbocycles. The standard InChI is InChI=1S/C12H12IN5O/c13-7-5-8-9(11(14)17-12(15)16-8)6-1-2-18(3-4-19)10(6)7/h1-2,5,19H,3-4H2,(H4,14,15,16,17). The maximum atomic E-state index is 9.10. The number of anilines is 2. The molecule has 0 spiro atoms. The summed E-state index contributed by atoms with van der Waals surface area (Å²) in [6.45, 7) is 0.631. The second-order valence-electron chi connectivity index (χ2n) is 4.21. The van der Waals surface area contributed by atoms with Crippen LogP contribution in [0.25, 0.3) is 21.8 Å². The molecule has 0 bridgehead atoms. The Hall–Kier alpha value is -1.61. The lowest BCUT2D eigenvalue weighted by molar-refractivity contribution is 0.278. The first-order valence-electron chi connectivity index (χ1n) is 5.72. The van der Waals surface area contributed by atoms with E-state index in [1.54, 1.807) is 0 Å². The van der Waals surface area contributed by atoms with Crippen LogP contribution in [0.3, 0.4) is 0 Å². The van der Waals surface area contributed by atoms with Gasteiger partial charge in [-0.1, -0.05) is 0 Å². The molecule has 1 aromatic carbocycles. The van der Waals surface area contributed by atoms with Gasteiger partial charge in [-0.05, 0) is 34.7 Å². The summed E-state index contributed by atoms with van der Waals surface area (Å²) in [5.41, 5.74) is 13.4. The van der Waals surface area contributed by atoms with E-state index in [0.29, 0.717) is 12.4 Å². The second kappa shape index (κ2) is 4.49. The quantitative estimate of drug-likeness (QED) is 0.592. The average Bonchev–Trinajstić information content (AvgIpc) is 2.73. The highest BCUT2D eigenvalue weighted by atomic mass is 127. The Labute approximate surface area is 122 Å². The number of aromatic nitrogens is 3. The summed E-state index contributed by atoms with van der Waals surface area (Å²) in [6, 6.07) is 3.89. The van der Waals surface area contributed by atoms with Crippen molar-refractivity contribution in [1.29, 1.82) is 0 Å². The van der Waals surface area contributed by atoms with Crippen molar-refractivity contribution in [3.05, 3.63) is 21.9 Å². The molecule has 0 aliphatic rings. The van der Waals surface area contributed by atoms with E-state index in [4.69, 9.17) is 16.6 Å². The summed E-state index contributed by atoms with van der Waals surface area (Å²) in [5, 5.41) is 10.9. The second-order valence-corrected chi connectivity index (χ2v) is 5.38. The van der Waals surface area contributed by atoms with E-state index in [-0.39, 0.29) is 12.6 Å². The molecule has 5 N–H and O–H groups in total. The van der Waals surface area contributed by atoms with Crippen molar-refractivity contribution in [3.63, 3.8) is 0 Å². The molecule has 0 unspecified atom stereocenters. The zero-order chi connectivity index (χ0) is 13.6. The normalized spacial score (nSPS) is 11.5. The number of aliphatic hydroxyl groups excluding tert-OH is 1. The van der Waals surface area contributed by atoms with Crippen LogP contribution in [0.1, 0.15) is 0 Å². The van der Waals surface area contributed by atoms with Gasteiger partial charge in [-0.3, -0.25) is 0 Å². The Kier molecular flexibility index (Phi) is 2.94. The minimum Gasteiger partial charge on any atom is -0.395 e. The van der Waals surface area contributed by atoms with Gasteiger partial charge < -0.3 is 21.1 Å². The fraction of sp³-hybridized carbons (Fsp3) is 0.167. The van der Waals surface area contributed by atoms with Gasteiger partial charge >= 0.3 is 0 Å². The van der Waals surface area contributed by atoms with Crippen LogP contribution in [0.5, 0.6) is 0 Å². The van der Waals surface area contributed by atoms with Gasteiger partial charge in [-0.2, -0.15) is 4.98 Å². The molecule has 0 aliphatic heterocycles. The van der Waals surface area contributed by atoms with Gasteiger partial charge in [0, 0.05) is 21.7 Å². The van der Waals surface area contributed by atoms with E-state index in [1.807, 2.05) is 22.9 Å². The van der Waals surface area contributed by atoms with Crippen molar-refractivity contribution >= 4 is 56.2 Å². The van der Waals surface area contributed by atoms with Crippen molar-refractivity contribution in [2.24, 2.45) is 0 Å². The lowest BCUT2D eigenvalue weighted by atomic mass is 10.1. The van der Waals surface area contributed by atoms with Crippen LogP contribution in [-0.4, -0.2) is 26.2 Å². The SMILES string of the molecule is Nc1nc(N)c2c(cc(I)c3c2ccn3CCO)n1. The lowest BCUT2D eigenvalue weighted by Crippen LogP contribution is -2.03. The van der Waals surface area contributed by atoms with E-state index in [2.05, 4.69) is 32.6 Å². The molecule has 0 saturated heterocycles. The monoisotopic (exact) mass is 369 g/mol. The maximum Gasteiger partial charge on any atom is 0.222 e. The summed E-state index contributed by atoms with van der Waals surface area (Å²) in [6.07, 6.45) is 1.93. The summed E-state index contributed by atoms with van der Waals surface area (Å²) in [7, 11) is 0. The van der Waals surface area contributed by atoms with Crippen molar-refractivity contribution in [2.45, 2.75) is 6.54 Å². The molecule has 0 radical (unpaired) electrons. The molecule has 0 amide bonds. The molecule has 19 heavy (non-hydrogen) atoms. The van der Waals surface area contributed by atoms with Gasteiger partial charge in [-0.25, -0.2) is 4.98 Å². The Bertz CT molecular complexity index is 783. The number of halogens is 1. The summed E-state index contributed by atoms with van der Waals surface area (Å²) in [5.74, 6) is 0.556.